The van der Waals surface area contributed by atoms with E-state index in [0.717, 1.165) is 4.90 Å². The Morgan fingerprint density at radius 3 is 2.34 bits per heavy atom. The third-order valence-corrected chi connectivity index (χ3v) is 4.98. The fraction of sp³-hybridized carbons (Fsp3) is 0.556. The lowest BCUT2D eigenvalue weighted by atomic mass is 10.0. The number of rotatable bonds is 5. The molecule has 11 heteroatoms. The van der Waals surface area contributed by atoms with Crippen molar-refractivity contribution in [2.24, 2.45) is 0 Å². The third kappa shape index (κ3) is 4.98. The van der Waals surface area contributed by atoms with E-state index in [-0.39, 0.29) is 11.6 Å². The average Bonchev–Trinajstić information content (AvgIpc) is 2.67. The van der Waals surface area contributed by atoms with Gasteiger partial charge in [0.1, 0.15) is 0 Å². The van der Waals surface area contributed by atoms with Gasteiger partial charge in [-0.3, -0.25) is 5.32 Å². The molecule has 2 atom stereocenters. The van der Waals surface area contributed by atoms with Crippen molar-refractivity contribution in [1.29, 1.82) is 0 Å². The van der Waals surface area contributed by atoms with Crippen molar-refractivity contribution in [3.05, 3.63) is 35.4 Å². The van der Waals surface area contributed by atoms with Gasteiger partial charge in [0.05, 0.1) is 0 Å². The van der Waals surface area contributed by atoms with E-state index in [9.17, 15) is 27.9 Å². The second-order valence-electron chi connectivity index (χ2n) is 7.05. The zero-order chi connectivity index (χ0) is 21.2. The molecule has 160 valence electrons. The Morgan fingerprint density at radius 1 is 1.17 bits per heavy atom. The summed E-state index contributed by atoms with van der Waals surface area (Å²) in [6.45, 7) is 2.61. The van der Waals surface area contributed by atoms with Crippen LogP contribution in [0.15, 0.2) is 24.3 Å². The van der Waals surface area contributed by atoms with Crippen LogP contribution in [0.3, 0.4) is 0 Å². The lowest BCUT2D eigenvalue weighted by Crippen LogP contribution is -2.70. The molecule has 2 saturated heterocycles. The normalized spacial score (nSPS) is 21.5. The topological polar surface area (TPSA) is 103 Å². The van der Waals surface area contributed by atoms with E-state index >= 15 is 0 Å². The Labute approximate surface area is 165 Å². The number of alkyl halides is 3. The summed E-state index contributed by atoms with van der Waals surface area (Å²) >= 11 is 0. The quantitative estimate of drug-likeness (QED) is 0.589. The standard InChI is InChI=1S/C18H23F3N4O4/c1-10(11-3-2-4-12(9-11)14(26)18(19,20)21)22-15-23-16(27)25(17(28)24-15)13-5-7-29-8-6-13/h2-4,9-10,13-15,22,26H,5-8H2,1H3,(H,23,27)(H,24,28)/t10-,14-/m0/s1. The molecule has 0 radical (unpaired) electrons. The zero-order valence-electron chi connectivity index (χ0n) is 15.7. The van der Waals surface area contributed by atoms with Crippen molar-refractivity contribution in [2.45, 2.75) is 50.4 Å². The Kier molecular flexibility index (Phi) is 6.30. The maximum atomic E-state index is 12.7. The average molecular weight is 416 g/mol. The molecule has 1 aromatic rings. The molecule has 0 spiro atoms. The minimum atomic E-state index is -4.77. The number of hydrogen-bond acceptors (Lipinski definition) is 5. The molecule has 0 unspecified atom stereocenters. The number of ether oxygens (including phenoxy) is 1. The van der Waals surface area contributed by atoms with Gasteiger partial charge < -0.3 is 20.5 Å². The number of imide groups is 1. The Hall–Kier alpha value is -2.37. The number of nitrogens with one attached hydrogen (secondary N) is 3. The summed E-state index contributed by atoms with van der Waals surface area (Å²) in [4.78, 5) is 25.9. The predicted octanol–water partition coefficient (Wildman–Crippen LogP) is 2.13. The largest absolute Gasteiger partial charge is 0.418 e. The number of carbonyl (C=O) groups excluding carboxylic acids is 2. The van der Waals surface area contributed by atoms with Crippen LogP contribution in [0.25, 0.3) is 0 Å². The van der Waals surface area contributed by atoms with Crippen molar-refractivity contribution in [3.63, 3.8) is 0 Å². The maximum Gasteiger partial charge on any atom is 0.418 e. The van der Waals surface area contributed by atoms with Gasteiger partial charge >= 0.3 is 18.2 Å². The molecule has 0 saturated carbocycles. The van der Waals surface area contributed by atoms with Crippen LogP contribution in [-0.2, 0) is 4.74 Å². The van der Waals surface area contributed by atoms with Crippen LogP contribution in [0.2, 0.25) is 0 Å². The molecule has 2 aliphatic heterocycles. The first-order valence-electron chi connectivity index (χ1n) is 9.25. The van der Waals surface area contributed by atoms with Gasteiger partial charge in [-0.1, -0.05) is 24.3 Å². The summed E-state index contributed by atoms with van der Waals surface area (Å²) in [5.41, 5.74) is 0.173. The van der Waals surface area contributed by atoms with E-state index in [1.165, 1.54) is 18.2 Å². The molecule has 2 heterocycles. The van der Waals surface area contributed by atoms with Gasteiger partial charge in [-0.05, 0) is 30.9 Å². The van der Waals surface area contributed by atoms with Crippen LogP contribution >= 0.6 is 0 Å². The molecule has 0 aromatic heterocycles. The highest BCUT2D eigenvalue weighted by Crippen LogP contribution is 2.33. The van der Waals surface area contributed by atoms with Crippen LogP contribution in [0.4, 0.5) is 22.8 Å². The number of carbonyl (C=O) groups is 2. The van der Waals surface area contributed by atoms with Crippen molar-refractivity contribution >= 4 is 12.1 Å². The first-order chi connectivity index (χ1) is 13.7. The molecule has 29 heavy (non-hydrogen) atoms. The van der Waals surface area contributed by atoms with Crippen LogP contribution in [0.1, 0.15) is 43.0 Å². The van der Waals surface area contributed by atoms with Gasteiger partial charge in [0.15, 0.2) is 12.4 Å². The van der Waals surface area contributed by atoms with Crippen molar-refractivity contribution in [1.82, 2.24) is 20.9 Å². The number of hydrogen-bond donors (Lipinski definition) is 4. The van der Waals surface area contributed by atoms with Crippen molar-refractivity contribution in [3.8, 4) is 0 Å². The van der Waals surface area contributed by atoms with E-state index in [1.807, 2.05) is 0 Å². The maximum absolute atomic E-state index is 12.7. The summed E-state index contributed by atoms with van der Waals surface area (Å²) in [5.74, 6) is 0. The summed E-state index contributed by atoms with van der Waals surface area (Å²) in [6.07, 6.45) is -7.13. The van der Waals surface area contributed by atoms with Crippen molar-refractivity contribution < 1.29 is 32.6 Å². The predicted molar refractivity (Wildman–Crippen MR) is 95.5 cm³/mol. The summed E-state index contributed by atoms with van der Waals surface area (Å²) in [5, 5.41) is 17.6. The molecular formula is C18H23F3N4O4. The Bertz CT molecular complexity index is 737. The monoisotopic (exact) mass is 416 g/mol. The van der Waals surface area contributed by atoms with Gasteiger partial charge in [-0.2, -0.15) is 13.2 Å². The second-order valence-corrected chi connectivity index (χ2v) is 7.05. The van der Waals surface area contributed by atoms with Gasteiger partial charge in [0.2, 0.25) is 0 Å². The number of aliphatic hydroxyl groups excluding tert-OH is 1. The highest BCUT2D eigenvalue weighted by molar-refractivity contribution is 5.96. The number of aliphatic hydroxyl groups is 1. The van der Waals surface area contributed by atoms with Gasteiger partial charge in [0, 0.05) is 25.3 Å². The van der Waals surface area contributed by atoms with Gasteiger partial charge in [-0.25, -0.2) is 14.5 Å². The molecule has 0 aliphatic carbocycles. The number of benzene rings is 1. The molecule has 0 bridgehead atoms. The minimum absolute atomic E-state index is 0.248. The van der Waals surface area contributed by atoms with Crippen LogP contribution in [0, 0.1) is 0 Å². The number of nitrogens with zero attached hydrogens (tertiary/aromatic N) is 1. The molecule has 2 aliphatic rings. The molecule has 1 aromatic carbocycles. The summed E-state index contributed by atoms with van der Waals surface area (Å²) in [6, 6.07) is 3.55. The van der Waals surface area contributed by atoms with Crippen LogP contribution < -0.4 is 16.0 Å². The third-order valence-electron chi connectivity index (χ3n) is 4.98. The molecule has 4 N–H and O–H groups in total. The SMILES string of the molecule is C[C@H](NC1NC(=O)N(C2CCOCC2)C(=O)N1)c1cccc([C@H](O)C(F)(F)F)c1. The van der Waals surface area contributed by atoms with E-state index in [0.29, 0.717) is 31.6 Å². The molecule has 3 rings (SSSR count). The first kappa shape index (κ1) is 21.3. The lowest BCUT2D eigenvalue weighted by Gasteiger charge is -2.39. The van der Waals surface area contributed by atoms with E-state index in [4.69, 9.17) is 4.74 Å². The van der Waals surface area contributed by atoms with Crippen LogP contribution in [-0.4, -0.2) is 53.8 Å². The first-order valence-corrected chi connectivity index (χ1v) is 9.25. The highest BCUT2D eigenvalue weighted by Gasteiger charge is 2.40. The fourth-order valence-corrected chi connectivity index (χ4v) is 3.41. The van der Waals surface area contributed by atoms with Crippen LogP contribution in [0.5, 0.6) is 0 Å². The van der Waals surface area contributed by atoms with E-state index in [2.05, 4.69) is 16.0 Å². The Balaban J connectivity index is 1.64. The van der Waals surface area contributed by atoms with E-state index in [1.54, 1.807) is 13.0 Å². The van der Waals surface area contributed by atoms with E-state index < -0.39 is 36.7 Å². The van der Waals surface area contributed by atoms with Crippen molar-refractivity contribution in [2.75, 3.05) is 13.2 Å². The van der Waals surface area contributed by atoms with Gasteiger partial charge in [0.25, 0.3) is 0 Å². The summed E-state index contributed by atoms with van der Waals surface area (Å²) < 4.78 is 43.5. The molecule has 2 fully saturated rings. The van der Waals surface area contributed by atoms with Gasteiger partial charge in [-0.15, -0.1) is 0 Å². The fourth-order valence-electron chi connectivity index (χ4n) is 3.41. The molecule has 8 nitrogen and oxygen atoms in total. The highest BCUT2D eigenvalue weighted by atomic mass is 19.4. The number of halogens is 3. The Morgan fingerprint density at radius 2 is 1.76 bits per heavy atom. The molecular weight excluding hydrogens is 393 g/mol. The minimum Gasteiger partial charge on any atom is -0.381 e. The number of urea groups is 2. The zero-order valence-corrected chi connectivity index (χ0v) is 15.7. The molecule has 4 amide bonds. The lowest BCUT2D eigenvalue weighted by molar-refractivity contribution is -0.206. The second kappa shape index (κ2) is 8.56. The smallest absolute Gasteiger partial charge is 0.381 e. The number of amides is 4. The summed E-state index contributed by atoms with van der Waals surface area (Å²) in [7, 11) is 0.